The number of aliphatic hydroxyl groups excluding tert-OH is 3. The minimum absolute atomic E-state index is 0.191. The minimum Gasteiger partial charge on any atom is -0.388 e. The van der Waals surface area contributed by atoms with Crippen molar-refractivity contribution in [2.75, 3.05) is 20.7 Å². The zero-order chi connectivity index (χ0) is 14.6. The van der Waals surface area contributed by atoms with Crippen molar-refractivity contribution in [1.29, 1.82) is 0 Å². The number of urea groups is 1. The highest BCUT2D eigenvalue weighted by Gasteiger charge is 2.43. The molecule has 1 aliphatic heterocycles. The molecule has 4 N–H and O–H groups in total. The summed E-state index contributed by atoms with van der Waals surface area (Å²) in [6, 6.07) is -0.791. The second kappa shape index (κ2) is 6.73. The van der Waals surface area contributed by atoms with Gasteiger partial charge in [-0.1, -0.05) is 0 Å². The fourth-order valence-electron chi connectivity index (χ4n) is 1.62. The summed E-state index contributed by atoms with van der Waals surface area (Å²) < 4.78 is 9.96. The standard InChI is InChI=1S/C9H17N3O7/c1-12(11-17)9(16)10-3-4-5(13)6(14)7(15)8(18-2)19-4/h4-8,13-15H,3H2,1-2H3,(H,10,16)/t4-,5-,6-,7-,8+/m0/s1. The van der Waals surface area contributed by atoms with E-state index in [1.807, 2.05) is 0 Å². The van der Waals surface area contributed by atoms with E-state index in [1.165, 1.54) is 7.11 Å². The van der Waals surface area contributed by atoms with E-state index >= 15 is 0 Å². The van der Waals surface area contributed by atoms with Crippen molar-refractivity contribution in [2.45, 2.75) is 30.7 Å². The van der Waals surface area contributed by atoms with Gasteiger partial charge >= 0.3 is 6.03 Å². The van der Waals surface area contributed by atoms with Crippen LogP contribution in [-0.4, -0.2) is 77.8 Å². The van der Waals surface area contributed by atoms with Gasteiger partial charge in [0.05, 0.1) is 5.29 Å². The SMILES string of the molecule is CO[C@@H]1O[C@@H](CNC(=O)N(C)N=O)[C@H](O)[C@H](O)[C@@H]1O. The predicted octanol–water partition coefficient (Wildman–Crippen LogP) is -2.24. The molecule has 110 valence electrons. The fraction of sp³-hybridized carbons (Fsp3) is 0.889. The first kappa shape index (κ1) is 15.7. The van der Waals surface area contributed by atoms with Crippen LogP contribution in [0.2, 0.25) is 0 Å². The highest BCUT2D eigenvalue weighted by atomic mass is 16.7. The van der Waals surface area contributed by atoms with E-state index in [0.29, 0.717) is 5.01 Å². The van der Waals surface area contributed by atoms with Gasteiger partial charge < -0.3 is 30.1 Å². The van der Waals surface area contributed by atoms with Crippen LogP contribution in [0.25, 0.3) is 0 Å². The zero-order valence-corrected chi connectivity index (χ0v) is 10.5. The summed E-state index contributed by atoms with van der Waals surface area (Å²) in [7, 11) is 2.41. The Morgan fingerprint density at radius 1 is 1.37 bits per heavy atom. The molecular weight excluding hydrogens is 262 g/mol. The van der Waals surface area contributed by atoms with Crippen LogP contribution in [-0.2, 0) is 9.47 Å². The molecule has 0 unspecified atom stereocenters. The molecule has 1 heterocycles. The van der Waals surface area contributed by atoms with Gasteiger partial charge in [0.1, 0.15) is 24.4 Å². The summed E-state index contributed by atoms with van der Waals surface area (Å²) in [5.41, 5.74) is 0. The average Bonchev–Trinajstić information content (AvgIpc) is 2.42. The summed E-state index contributed by atoms with van der Waals surface area (Å²) in [6.45, 7) is -0.191. The first-order chi connectivity index (χ1) is 8.92. The topological polar surface area (TPSA) is 141 Å². The molecule has 5 atom stereocenters. The maximum absolute atomic E-state index is 11.3. The molecule has 0 aromatic heterocycles. The van der Waals surface area contributed by atoms with Gasteiger partial charge in [-0.3, -0.25) is 0 Å². The molecule has 0 bridgehead atoms. The summed E-state index contributed by atoms with van der Waals surface area (Å²) in [5.74, 6) is 0. The minimum atomic E-state index is -1.47. The lowest BCUT2D eigenvalue weighted by Gasteiger charge is -2.39. The van der Waals surface area contributed by atoms with Crippen LogP contribution in [0.4, 0.5) is 4.79 Å². The summed E-state index contributed by atoms with van der Waals surface area (Å²) in [4.78, 5) is 21.4. The van der Waals surface area contributed by atoms with E-state index in [4.69, 9.17) is 9.47 Å². The van der Waals surface area contributed by atoms with Gasteiger partial charge in [-0.05, 0) is 0 Å². The van der Waals surface area contributed by atoms with Gasteiger partial charge in [-0.15, -0.1) is 4.91 Å². The third-order valence-electron chi connectivity index (χ3n) is 2.77. The van der Waals surface area contributed by atoms with E-state index in [0.717, 1.165) is 7.05 Å². The number of ether oxygens (including phenoxy) is 2. The zero-order valence-electron chi connectivity index (χ0n) is 10.5. The van der Waals surface area contributed by atoms with Crippen molar-refractivity contribution >= 4 is 6.03 Å². The first-order valence-corrected chi connectivity index (χ1v) is 5.49. The average molecular weight is 279 g/mol. The molecule has 0 radical (unpaired) electrons. The smallest absolute Gasteiger partial charge is 0.340 e. The molecule has 1 fully saturated rings. The molecular formula is C9H17N3O7. The molecule has 0 aromatic carbocycles. The van der Waals surface area contributed by atoms with Crippen LogP contribution in [0, 0.1) is 4.91 Å². The van der Waals surface area contributed by atoms with Gasteiger partial charge in [0.2, 0.25) is 0 Å². The van der Waals surface area contributed by atoms with Crippen molar-refractivity contribution in [3.05, 3.63) is 4.91 Å². The van der Waals surface area contributed by atoms with Gasteiger partial charge in [-0.2, -0.15) is 5.01 Å². The fourth-order valence-corrected chi connectivity index (χ4v) is 1.62. The Labute approximate surface area is 108 Å². The van der Waals surface area contributed by atoms with Gasteiger partial charge in [0.15, 0.2) is 6.29 Å². The van der Waals surface area contributed by atoms with Crippen LogP contribution in [0.1, 0.15) is 0 Å². The van der Waals surface area contributed by atoms with Gasteiger partial charge in [-0.25, -0.2) is 4.79 Å². The second-order valence-electron chi connectivity index (χ2n) is 4.04. The Balaban J connectivity index is 2.57. The number of hydrogen-bond acceptors (Lipinski definition) is 8. The molecule has 0 spiro atoms. The summed E-state index contributed by atoms with van der Waals surface area (Å²) in [5, 5.41) is 34.0. The summed E-state index contributed by atoms with van der Waals surface area (Å²) in [6.07, 6.45) is -6.39. The van der Waals surface area contributed by atoms with E-state index in [-0.39, 0.29) is 6.54 Å². The Bertz CT molecular complexity index is 327. The molecule has 2 amide bonds. The lowest BCUT2D eigenvalue weighted by molar-refractivity contribution is -0.288. The Kier molecular flexibility index (Phi) is 5.57. The monoisotopic (exact) mass is 279 g/mol. The Morgan fingerprint density at radius 2 is 2.00 bits per heavy atom. The molecule has 19 heavy (non-hydrogen) atoms. The Morgan fingerprint density at radius 3 is 2.53 bits per heavy atom. The number of nitrogens with one attached hydrogen (secondary N) is 1. The van der Waals surface area contributed by atoms with Crippen molar-refractivity contribution < 1.29 is 29.6 Å². The van der Waals surface area contributed by atoms with E-state index in [2.05, 4.69) is 10.6 Å². The second-order valence-corrected chi connectivity index (χ2v) is 4.04. The molecule has 0 aliphatic carbocycles. The van der Waals surface area contributed by atoms with Crippen LogP contribution >= 0.6 is 0 Å². The van der Waals surface area contributed by atoms with Crippen LogP contribution < -0.4 is 5.32 Å². The van der Waals surface area contributed by atoms with Crippen molar-refractivity contribution in [3.8, 4) is 0 Å². The van der Waals surface area contributed by atoms with Crippen molar-refractivity contribution in [1.82, 2.24) is 10.3 Å². The molecule has 0 aromatic rings. The highest BCUT2D eigenvalue weighted by molar-refractivity contribution is 5.73. The van der Waals surface area contributed by atoms with E-state index in [1.54, 1.807) is 0 Å². The number of hydrogen-bond donors (Lipinski definition) is 4. The van der Waals surface area contributed by atoms with Crippen molar-refractivity contribution in [2.24, 2.45) is 5.29 Å². The number of aliphatic hydroxyl groups is 3. The number of carbonyl (C=O) groups is 1. The molecule has 1 rings (SSSR count). The van der Waals surface area contributed by atoms with Crippen molar-refractivity contribution in [3.63, 3.8) is 0 Å². The maximum atomic E-state index is 11.3. The first-order valence-electron chi connectivity index (χ1n) is 5.49. The molecule has 1 aliphatic rings. The number of nitroso groups, excluding NO2 is 1. The molecule has 0 saturated carbocycles. The third-order valence-corrected chi connectivity index (χ3v) is 2.77. The van der Waals surface area contributed by atoms with Crippen LogP contribution in [0.5, 0.6) is 0 Å². The maximum Gasteiger partial charge on any atom is 0.340 e. The molecule has 10 heteroatoms. The van der Waals surface area contributed by atoms with Crippen LogP contribution in [0.15, 0.2) is 5.29 Å². The number of rotatable bonds is 4. The lowest BCUT2D eigenvalue weighted by Crippen LogP contribution is -2.60. The summed E-state index contributed by atoms with van der Waals surface area (Å²) >= 11 is 0. The van der Waals surface area contributed by atoms with Gasteiger partial charge in [0, 0.05) is 20.7 Å². The number of carbonyl (C=O) groups excluding carboxylic acids is 1. The molecule has 10 nitrogen and oxygen atoms in total. The largest absolute Gasteiger partial charge is 0.388 e. The van der Waals surface area contributed by atoms with Crippen LogP contribution in [0.3, 0.4) is 0 Å². The van der Waals surface area contributed by atoms with E-state index in [9.17, 15) is 25.0 Å². The van der Waals surface area contributed by atoms with Gasteiger partial charge in [0.25, 0.3) is 0 Å². The third kappa shape index (κ3) is 3.58. The lowest BCUT2D eigenvalue weighted by atomic mass is 9.99. The highest BCUT2D eigenvalue weighted by Crippen LogP contribution is 2.21. The quantitative estimate of drug-likeness (QED) is 0.337. The predicted molar refractivity (Wildman–Crippen MR) is 60.6 cm³/mol. The Hall–Kier alpha value is -1.33. The number of amides is 2. The molecule has 1 saturated heterocycles. The number of methoxy groups -OCH3 is 1. The number of nitrogens with zero attached hydrogens (tertiary/aromatic N) is 2. The van der Waals surface area contributed by atoms with E-state index < -0.39 is 36.7 Å². The normalized spacial score (nSPS) is 34.7.